The molecule has 2 rings (SSSR count). The molecule has 0 radical (unpaired) electrons. The van der Waals surface area contributed by atoms with Crippen LogP contribution in [0.15, 0.2) is 9.95 Å². The maximum atomic E-state index is 12.8. The number of imide groups is 1. The first kappa shape index (κ1) is 27.8. The minimum Gasteiger partial charge on any atom is -0.456 e. The van der Waals surface area contributed by atoms with Gasteiger partial charge in [0.1, 0.15) is 0 Å². The fraction of sp³-hybridized carbons (Fsp3) is 0.550. The van der Waals surface area contributed by atoms with Gasteiger partial charge in [0.2, 0.25) is 11.8 Å². The molecule has 2 amide bonds. The third-order valence-electron chi connectivity index (χ3n) is 4.55. The highest BCUT2D eigenvalue weighted by Gasteiger charge is 2.47. The molecule has 4 atom stereocenters. The second kappa shape index (κ2) is 11.8. The summed E-state index contributed by atoms with van der Waals surface area (Å²) in [7, 11) is 0. The molecule has 0 bridgehead atoms. The van der Waals surface area contributed by atoms with Crippen molar-refractivity contribution in [2.24, 2.45) is 0 Å². The molecule has 14 nitrogen and oxygen atoms in total. The number of aromatic nitrogens is 2. The summed E-state index contributed by atoms with van der Waals surface area (Å²) in [6.45, 7) is 5.26. The van der Waals surface area contributed by atoms with Crippen LogP contribution >= 0.6 is 11.8 Å². The Labute approximate surface area is 204 Å². The normalized spacial score (nSPS) is 21.4. The first-order valence-corrected chi connectivity index (χ1v) is 11.5. The number of nitrogens with one attached hydrogen (secondary N) is 2. The second-order valence-electron chi connectivity index (χ2n) is 7.34. The van der Waals surface area contributed by atoms with E-state index in [1.165, 1.54) is 0 Å². The zero-order valence-corrected chi connectivity index (χ0v) is 20.7. The number of carbonyl (C=O) groups excluding carboxylic acids is 5. The van der Waals surface area contributed by atoms with Gasteiger partial charge in [-0.15, -0.1) is 0 Å². The van der Waals surface area contributed by atoms with Crippen LogP contribution in [0.25, 0.3) is 0 Å². The number of hydrogen-bond donors (Lipinski definition) is 2. The maximum Gasteiger partial charge on any atom is 0.303 e. The first-order valence-electron chi connectivity index (χ1n) is 10.2. The van der Waals surface area contributed by atoms with Crippen molar-refractivity contribution in [1.82, 2.24) is 9.97 Å². The molecule has 2 N–H and O–H groups in total. The number of carbonyl (C=O) groups is 5. The van der Waals surface area contributed by atoms with Gasteiger partial charge in [0.25, 0.3) is 5.56 Å². The summed E-state index contributed by atoms with van der Waals surface area (Å²) in [5, 5.41) is 2.91. The molecule has 1 fully saturated rings. The zero-order valence-electron chi connectivity index (χ0n) is 19.9. The number of rotatable bonds is 7. The van der Waals surface area contributed by atoms with Crippen molar-refractivity contribution in [3.05, 3.63) is 10.4 Å². The lowest BCUT2D eigenvalue weighted by Crippen LogP contribution is -2.59. The zero-order chi connectivity index (χ0) is 26.4. The summed E-state index contributed by atoms with van der Waals surface area (Å²) in [4.78, 5) is 79.6. The van der Waals surface area contributed by atoms with Crippen LogP contribution in [0.2, 0.25) is 0 Å². The average Bonchev–Trinajstić information content (AvgIpc) is 2.72. The number of H-pyrrole nitrogens is 1. The van der Waals surface area contributed by atoms with E-state index >= 15 is 0 Å². The predicted octanol–water partition coefficient (Wildman–Crippen LogP) is -0.0455. The number of ether oxygens (including phenoxy) is 4. The number of anilines is 2. The van der Waals surface area contributed by atoms with Crippen LogP contribution in [0.5, 0.6) is 0 Å². The SMILES string of the molecule is CSc1nc(NC2OCC(OC(C)=O)C(OC(C)=O)C2OC(C)=O)c(N(C(C)=O)C(C)=O)c(=O)[nH]1. The molecule has 1 aliphatic heterocycles. The topological polar surface area (TPSA) is 183 Å². The third kappa shape index (κ3) is 7.02. The Morgan fingerprint density at radius 2 is 1.51 bits per heavy atom. The Bertz CT molecular complexity index is 1060. The molecule has 35 heavy (non-hydrogen) atoms. The van der Waals surface area contributed by atoms with Crippen LogP contribution in [0.1, 0.15) is 34.6 Å². The highest BCUT2D eigenvalue weighted by atomic mass is 32.2. The van der Waals surface area contributed by atoms with Gasteiger partial charge < -0.3 is 24.3 Å². The molecule has 15 heteroatoms. The van der Waals surface area contributed by atoms with Crippen LogP contribution in [-0.4, -0.2) is 77.1 Å². The highest BCUT2D eigenvalue weighted by molar-refractivity contribution is 7.98. The Balaban J connectivity index is 2.59. The van der Waals surface area contributed by atoms with Crippen molar-refractivity contribution in [3.8, 4) is 0 Å². The number of esters is 3. The molecule has 1 saturated heterocycles. The van der Waals surface area contributed by atoms with E-state index in [4.69, 9.17) is 18.9 Å². The van der Waals surface area contributed by atoms with Gasteiger partial charge in [-0.05, 0) is 6.26 Å². The van der Waals surface area contributed by atoms with Gasteiger partial charge in [-0.3, -0.25) is 33.8 Å². The Hall–Kier alpha value is -3.46. The maximum absolute atomic E-state index is 12.8. The minimum absolute atomic E-state index is 0.141. The van der Waals surface area contributed by atoms with Gasteiger partial charge in [-0.1, -0.05) is 11.8 Å². The van der Waals surface area contributed by atoms with Gasteiger partial charge in [-0.25, -0.2) is 9.88 Å². The number of hydrogen-bond acceptors (Lipinski definition) is 13. The van der Waals surface area contributed by atoms with Gasteiger partial charge in [0.15, 0.2) is 41.2 Å². The summed E-state index contributed by atoms with van der Waals surface area (Å²) < 4.78 is 21.5. The van der Waals surface area contributed by atoms with E-state index in [9.17, 15) is 28.8 Å². The average molecular weight is 515 g/mol. The first-order chi connectivity index (χ1) is 16.3. The van der Waals surface area contributed by atoms with Gasteiger partial charge in [0, 0.05) is 34.6 Å². The van der Waals surface area contributed by atoms with E-state index in [1.54, 1.807) is 6.26 Å². The summed E-state index contributed by atoms with van der Waals surface area (Å²) in [6, 6.07) is 0. The third-order valence-corrected chi connectivity index (χ3v) is 5.13. The largest absolute Gasteiger partial charge is 0.456 e. The smallest absolute Gasteiger partial charge is 0.303 e. The molecular weight excluding hydrogens is 488 g/mol. The van der Waals surface area contributed by atoms with Crippen LogP contribution in [0.3, 0.4) is 0 Å². The summed E-state index contributed by atoms with van der Waals surface area (Å²) in [5.41, 5.74) is -1.22. The predicted molar refractivity (Wildman–Crippen MR) is 121 cm³/mol. The van der Waals surface area contributed by atoms with E-state index < -0.39 is 65.5 Å². The molecule has 0 aromatic carbocycles. The quantitative estimate of drug-likeness (QED) is 0.214. The van der Waals surface area contributed by atoms with E-state index in [-0.39, 0.29) is 17.6 Å². The van der Waals surface area contributed by atoms with Crippen molar-refractivity contribution < 1.29 is 42.9 Å². The summed E-state index contributed by atoms with van der Waals surface area (Å²) >= 11 is 1.08. The fourth-order valence-electron chi connectivity index (χ4n) is 3.39. The van der Waals surface area contributed by atoms with Crippen LogP contribution in [0.4, 0.5) is 11.5 Å². The molecule has 1 aliphatic rings. The number of nitrogens with zero attached hydrogens (tertiary/aromatic N) is 2. The van der Waals surface area contributed by atoms with Crippen molar-refractivity contribution >= 4 is 53.0 Å². The van der Waals surface area contributed by atoms with Crippen molar-refractivity contribution in [2.75, 3.05) is 23.1 Å². The summed E-state index contributed by atoms with van der Waals surface area (Å²) in [5.74, 6) is -3.95. The van der Waals surface area contributed by atoms with Crippen molar-refractivity contribution in [1.29, 1.82) is 0 Å². The fourth-order valence-corrected chi connectivity index (χ4v) is 3.76. The lowest BCUT2D eigenvalue weighted by Gasteiger charge is -2.40. The molecule has 0 aliphatic carbocycles. The molecule has 1 aromatic heterocycles. The van der Waals surface area contributed by atoms with Crippen LogP contribution in [0, 0.1) is 0 Å². The summed E-state index contributed by atoms with van der Waals surface area (Å²) in [6.07, 6.45) is -3.43. The Kier molecular flexibility index (Phi) is 9.36. The number of thioether (sulfide) groups is 1. The van der Waals surface area contributed by atoms with E-state index in [0.717, 1.165) is 46.4 Å². The Morgan fingerprint density at radius 3 is 2.00 bits per heavy atom. The number of aromatic amines is 1. The molecule has 192 valence electrons. The molecule has 0 saturated carbocycles. The van der Waals surface area contributed by atoms with E-state index in [2.05, 4.69) is 15.3 Å². The minimum atomic E-state index is -1.37. The van der Waals surface area contributed by atoms with Gasteiger partial charge >= 0.3 is 17.9 Å². The molecule has 1 aromatic rings. The molecule has 2 heterocycles. The second-order valence-corrected chi connectivity index (χ2v) is 8.14. The Morgan fingerprint density at radius 1 is 0.971 bits per heavy atom. The van der Waals surface area contributed by atoms with E-state index in [0.29, 0.717) is 4.90 Å². The van der Waals surface area contributed by atoms with E-state index in [1.807, 2.05) is 0 Å². The monoisotopic (exact) mass is 514 g/mol. The molecule has 4 unspecified atom stereocenters. The number of amides is 2. The lowest BCUT2D eigenvalue weighted by molar-refractivity contribution is -0.221. The van der Waals surface area contributed by atoms with Gasteiger partial charge in [0.05, 0.1) is 6.61 Å². The van der Waals surface area contributed by atoms with Crippen LogP contribution in [-0.2, 0) is 42.9 Å². The molecular formula is C20H26N4O10S. The van der Waals surface area contributed by atoms with Crippen LogP contribution < -0.4 is 15.8 Å². The molecule has 0 spiro atoms. The van der Waals surface area contributed by atoms with Crippen molar-refractivity contribution in [2.45, 2.75) is 64.3 Å². The van der Waals surface area contributed by atoms with Crippen molar-refractivity contribution in [3.63, 3.8) is 0 Å². The standard InChI is InChI=1S/C20H26N4O10S/c1-8(25)24(9(2)26)14-17(22-20(35-6)23-18(14)30)21-19-16(34-12(5)29)15(33-11(4)28)13(7-31-19)32-10(3)27/h13,15-16,19H,7H2,1-6H3,(H2,21,22,23,30). The van der Waals surface area contributed by atoms with Gasteiger partial charge in [-0.2, -0.15) is 0 Å². The highest BCUT2D eigenvalue weighted by Crippen LogP contribution is 2.29. The lowest BCUT2D eigenvalue weighted by atomic mass is 10.0.